The van der Waals surface area contributed by atoms with Crippen molar-refractivity contribution in [1.82, 2.24) is 14.0 Å². The van der Waals surface area contributed by atoms with Crippen LogP contribution in [0.2, 0.25) is 0 Å². The SMILES string of the molecule is CCOc1cc(C(=O)N=c2c(C#N)cc3c(=O)n4cccc(C)c4nc3n2CCOC)cc(OCC)c1OCC. The summed E-state index contributed by atoms with van der Waals surface area (Å²) >= 11 is 0. The minimum atomic E-state index is -0.638. The van der Waals surface area contributed by atoms with E-state index in [1.807, 2.05) is 33.8 Å². The van der Waals surface area contributed by atoms with Crippen LogP contribution in [0.5, 0.6) is 17.2 Å². The minimum Gasteiger partial charge on any atom is -0.490 e. The molecule has 1 amide bonds. The van der Waals surface area contributed by atoms with Gasteiger partial charge in [-0.05, 0) is 57.5 Å². The van der Waals surface area contributed by atoms with Gasteiger partial charge in [0.05, 0.1) is 37.4 Å². The highest BCUT2D eigenvalue weighted by Crippen LogP contribution is 2.39. The topological polar surface area (TPSA) is 129 Å². The normalized spacial score (nSPS) is 11.6. The Hall–Kier alpha value is -4.69. The van der Waals surface area contributed by atoms with Gasteiger partial charge in [0.25, 0.3) is 11.5 Å². The van der Waals surface area contributed by atoms with Crippen LogP contribution >= 0.6 is 0 Å². The number of ether oxygens (including phenoxy) is 4. The second-order valence-corrected chi connectivity index (χ2v) is 8.69. The predicted octanol–water partition coefficient (Wildman–Crippen LogP) is 3.41. The van der Waals surface area contributed by atoms with E-state index in [9.17, 15) is 14.9 Å². The van der Waals surface area contributed by atoms with E-state index in [4.69, 9.17) is 23.9 Å². The Morgan fingerprint density at radius 1 is 1.05 bits per heavy atom. The standard InChI is InChI=1S/C29H31N5O6/c1-6-38-22-15-19(16-23(39-7-2)24(22)40-8-3)28(35)32-26-20(17-30)14-21-27(33(26)12-13-37-5)31-25-18(4)10-9-11-34(25)29(21)36/h9-11,14-16H,6-8,12-13H2,1-5H3. The lowest BCUT2D eigenvalue weighted by Gasteiger charge is -2.16. The zero-order valence-corrected chi connectivity index (χ0v) is 23.2. The molecule has 0 fully saturated rings. The maximum Gasteiger partial charge on any atom is 0.279 e. The van der Waals surface area contributed by atoms with Gasteiger partial charge in [-0.25, -0.2) is 4.98 Å². The molecule has 3 heterocycles. The second kappa shape index (κ2) is 12.4. The van der Waals surface area contributed by atoms with Crippen molar-refractivity contribution in [2.45, 2.75) is 34.2 Å². The van der Waals surface area contributed by atoms with E-state index in [0.717, 1.165) is 5.56 Å². The van der Waals surface area contributed by atoms with Crippen molar-refractivity contribution in [2.75, 3.05) is 33.5 Å². The molecule has 0 spiro atoms. The Kier molecular flexibility index (Phi) is 8.81. The van der Waals surface area contributed by atoms with Crippen molar-refractivity contribution in [3.63, 3.8) is 0 Å². The maximum absolute atomic E-state index is 13.6. The van der Waals surface area contributed by atoms with E-state index in [-0.39, 0.29) is 40.7 Å². The molecule has 3 aromatic heterocycles. The highest BCUT2D eigenvalue weighted by molar-refractivity contribution is 5.96. The number of nitriles is 1. The second-order valence-electron chi connectivity index (χ2n) is 8.69. The molecule has 4 aromatic rings. The highest BCUT2D eigenvalue weighted by Gasteiger charge is 2.20. The lowest BCUT2D eigenvalue weighted by Crippen LogP contribution is -2.30. The average molecular weight is 546 g/mol. The number of hydrogen-bond donors (Lipinski definition) is 0. The fourth-order valence-electron chi connectivity index (χ4n) is 4.36. The van der Waals surface area contributed by atoms with Crippen LogP contribution in [0, 0.1) is 18.3 Å². The van der Waals surface area contributed by atoms with E-state index >= 15 is 0 Å². The molecule has 0 bridgehead atoms. The molecule has 11 heteroatoms. The number of carbonyl (C=O) groups excluding carboxylic acids is 1. The average Bonchev–Trinajstić information content (AvgIpc) is 2.94. The quantitative estimate of drug-likeness (QED) is 0.277. The Balaban J connectivity index is 2.02. The molecule has 0 radical (unpaired) electrons. The van der Waals surface area contributed by atoms with Gasteiger partial charge in [-0.1, -0.05) is 6.07 Å². The Bertz CT molecular complexity index is 1720. The zero-order valence-electron chi connectivity index (χ0n) is 23.2. The number of carbonyl (C=O) groups is 1. The molecule has 11 nitrogen and oxygen atoms in total. The van der Waals surface area contributed by atoms with Gasteiger partial charge in [0.15, 0.2) is 17.0 Å². The summed E-state index contributed by atoms with van der Waals surface area (Å²) in [5.74, 6) is 0.447. The fourth-order valence-corrected chi connectivity index (χ4v) is 4.36. The summed E-state index contributed by atoms with van der Waals surface area (Å²) in [6.07, 6.45) is 1.63. The lowest BCUT2D eigenvalue weighted by atomic mass is 10.1. The maximum atomic E-state index is 13.6. The molecule has 0 saturated heterocycles. The van der Waals surface area contributed by atoms with Crippen LogP contribution in [-0.2, 0) is 11.3 Å². The number of nitrogens with zero attached hydrogens (tertiary/aromatic N) is 5. The number of amides is 1. The summed E-state index contributed by atoms with van der Waals surface area (Å²) in [6, 6.07) is 10.2. The first kappa shape index (κ1) is 28.3. The molecular formula is C29H31N5O6. The van der Waals surface area contributed by atoms with Gasteiger partial charge in [0.1, 0.15) is 17.4 Å². The number of aromatic nitrogens is 3. The lowest BCUT2D eigenvalue weighted by molar-refractivity contribution is 0.0995. The smallest absolute Gasteiger partial charge is 0.279 e. The summed E-state index contributed by atoms with van der Waals surface area (Å²) < 4.78 is 25.5. The Labute approximate surface area is 230 Å². The molecule has 208 valence electrons. The van der Waals surface area contributed by atoms with Crippen LogP contribution in [0.3, 0.4) is 0 Å². The molecule has 0 N–H and O–H groups in total. The van der Waals surface area contributed by atoms with Gasteiger partial charge >= 0.3 is 0 Å². The summed E-state index contributed by atoms with van der Waals surface area (Å²) in [6.45, 7) is 8.82. The van der Waals surface area contributed by atoms with Crippen LogP contribution in [0.4, 0.5) is 0 Å². The van der Waals surface area contributed by atoms with E-state index in [1.54, 1.807) is 16.8 Å². The first-order valence-corrected chi connectivity index (χ1v) is 13.0. The number of hydrogen-bond acceptors (Lipinski definition) is 8. The number of benzene rings is 1. The van der Waals surface area contributed by atoms with Gasteiger partial charge in [-0.3, -0.25) is 14.0 Å². The van der Waals surface area contributed by atoms with Crippen molar-refractivity contribution in [1.29, 1.82) is 5.26 Å². The van der Waals surface area contributed by atoms with Crippen LogP contribution < -0.4 is 25.3 Å². The molecule has 0 aliphatic heterocycles. The highest BCUT2D eigenvalue weighted by atomic mass is 16.5. The third-order valence-corrected chi connectivity index (χ3v) is 6.11. The molecule has 1 aromatic carbocycles. The van der Waals surface area contributed by atoms with Crippen LogP contribution in [0.25, 0.3) is 16.7 Å². The van der Waals surface area contributed by atoms with Crippen LogP contribution in [0.15, 0.2) is 46.3 Å². The summed E-state index contributed by atoms with van der Waals surface area (Å²) in [7, 11) is 1.53. The fraction of sp³-hybridized carbons (Fsp3) is 0.345. The number of pyridine rings is 2. The first-order chi connectivity index (χ1) is 19.4. The summed E-state index contributed by atoms with van der Waals surface area (Å²) in [5.41, 5.74) is 1.50. The molecule has 4 rings (SSSR count). The molecule has 0 saturated carbocycles. The third-order valence-electron chi connectivity index (χ3n) is 6.11. The monoisotopic (exact) mass is 545 g/mol. The summed E-state index contributed by atoms with van der Waals surface area (Å²) in [5, 5.41) is 10.3. The Morgan fingerprint density at radius 2 is 1.73 bits per heavy atom. The first-order valence-electron chi connectivity index (χ1n) is 13.0. The molecule has 0 aliphatic carbocycles. The van der Waals surface area contributed by atoms with E-state index in [2.05, 4.69) is 11.1 Å². The molecule has 0 aliphatic rings. The van der Waals surface area contributed by atoms with Crippen molar-refractivity contribution in [3.05, 3.63) is 69.1 Å². The van der Waals surface area contributed by atoms with Gasteiger partial charge < -0.3 is 23.5 Å². The molecular weight excluding hydrogens is 514 g/mol. The van der Waals surface area contributed by atoms with Gasteiger partial charge in [0.2, 0.25) is 5.75 Å². The number of methoxy groups -OCH3 is 1. The van der Waals surface area contributed by atoms with E-state index in [0.29, 0.717) is 48.4 Å². The largest absolute Gasteiger partial charge is 0.490 e. The van der Waals surface area contributed by atoms with Crippen LogP contribution in [-0.4, -0.2) is 53.4 Å². The predicted molar refractivity (Wildman–Crippen MR) is 148 cm³/mol. The van der Waals surface area contributed by atoms with Crippen molar-refractivity contribution >= 4 is 22.6 Å². The van der Waals surface area contributed by atoms with Crippen molar-refractivity contribution in [2.24, 2.45) is 4.99 Å². The third kappa shape index (κ3) is 5.39. The molecule has 40 heavy (non-hydrogen) atoms. The van der Waals surface area contributed by atoms with E-state index < -0.39 is 5.91 Å². The van der Waals surface area contributed by atoms with Crippen LogP contribution in [0.1, 0.15) is 42.3 Å². The Morgan fingerprint density at radius 3 is 2.33 bits per heavy atom. The van der Waals surface area contributed by atoms with E-state index in [1.165, 1.54) is 29.7 Å². The number of fused-ring (bicyclic) bond motifs is 2. The van der Waals surface area contributed by atoms with Crippen molar-refractivity contribution < 1.29 is 23.7 Å². The number of rotatable bonds is 10. The van der Waals surface area contributed by atoms with Gasteiger partial charge in [-0.2, -0.15) is 10.3 Å². The zero-order chi connectivity index (χ0) is 28.8. The van der Waals surface area contributed by atoms with Gasteiger partial charge in [-0.15, -0.1) is 0 Å². The van der Waals surface area contributed by atoms with Gasteiger partial charge in [0, 0.05) is 25.4 Å². The molecule has 0 atom stereocenters. The summed E-state index contributed by atoms with van der Waals surface area (Å²) in [4.78, 5) is 36.1. The van der Waals surface area contributed by atoms with Crippen molar-refractivity contribution in [3.8, 4) is 23.3 Å². The molecule has 0 unspecified atom stereocenters. The number of aryl methyl sites for hydroxylation is 1. The minimum absolute atomic E-state index is 0.0458.